The topological polar surface area (TPSA) is 45.2 Å². The molecule has 1 aliphatic heterocycles. The molecule has 0 aromatic carbocycles. The maximum absolute atomic E-state index is 12.5. The molecule has 1 fully saturated rings. The number of aromatic nitrogens is 1. The summed E-state index contributed by atoms with van der Waals surface area (Å²) in [6.07, 6.45) is 3.71. The van der Waals surface area contributed by atoms with E-state index in [1.54, 1.807) is 19.3 Å². The van der Waals surface area contributed by atoms with Crippen molar-refractivity contribution in [1.82, 2.24) is 9.88 Å². The quantitative estimate of drug-likeness (QED) is 0.906. The third-order valence-corrected chi connectivity index (χ3v) is 4.01. The van der Waals surface area contributed by atoms with Crippen LogP contribution in [0.5, 0.6) is 0 Å². The molecule has 5 heteroatoms. The van der Waals surface area contributed by atoms with Crippen LogP contribution in [-0.4, -0.2) is 35.4 Å². The smallest absolute Gasteiger partial charge is 0.255 e. The number of halogens is 1. The predicted molar refractivity (Wildman–Crippen MR) is 77.7 cm³/mol. The van der Waals surface area contributed by atoms with Crippen molar-refractivity contribution in [3.8, 4) is 0 Å². The first-order valence-corrected chi connectivity index (χ1v) is 7.05. The Bertz CT molecular complexity index is 478. The Morgan fingerprint density at radius 1 is 1.53 bits per heavy atom. The lowest BCUT2D eigenvalue weighted by Crippen LogP contribution is -2.44. The van der Waals surface area contributed by atoms with Crippen molar-refractivity contribution in [2.75, 3.05) is 18.9 Å². The molecule has 1 aromatic rings. The van der Waals surface area contributed by atoms with Gasteiger partial charge in [0.25, 0.3) is 5.91 Å². The van der Waals surface area contributed by atoms with Crippen LogP contribution < -0.4 is 5.32 Å². The van der Waals surface area contributed by atoms with Gasteiger partial charge in [0.05, 0.1) is 10.6 Å². The molecular formula is C14H20ClN3O. The summed E-state index contributed by atoms with van der Waals surface area (Å²) in [5, 5.41) is 3.37. The van der Waals surface area contributed by atoms with E-state index in [0.717, 1.165) is 19.4 Å². The number of nitrogens with one attached hydrogen (secondary N) is 1. The Hall–Kier alpha value is -1.29. The number of rotatable bonds is 2. The van der Waals surface area contributed by atoms with Crippen molar-refractivity contribution >= 4 is 23.3 Å². The monoisotopic (exact) mass is 281 g/mol. The normalized spacial score (nSPS) is 23.3. The molecule has 0 saturated carbocycles. The van der Waals surface area contributed by atoms with E-state index in [2.05, 4.69) is 24.1 Å². The third-order valence-electron chi connectivity index (χ3n) is 3.72. The standard InChI is InChI=1S/C14H20ClN3O/c1-9-4-5-18(10(2)6-9)14(19)11-7-12(15)13(16-3)17-8-11/h7-10H,4-6H2,1-3H3,(H,16,17). The highest BCUT2D eigenvalue weighted by Gasteiger charge is 2.27. The molecule has 2 unspecified atom stereocenters. The van der Waals surface area contributed by atoms with Crippen LogP contribution in [0.4, 0.5) is 5.82 Å². The van der Waals surface area contributed by atoms with Gasteiger partial charge in [-0.25, -0.2) is 4.98 Å². The van der Waals surface area contributed by atoms with Crippen molar-refractivity contribution < 1.29 is 4.79 Å². The van der Waals surface area contributed by atoms with Gasteiger partial charge in [0.1, 0.15) is 5.82 Å². The first kappa shape index (κ1) is 14.1. The van der Waals surface area contributed by atoms with Crippen LogP contribution in [0.1, 0.15) is 37.0 Å². The molecule has 4 nitrogen and oxygen atoms in total. The maximum Gasteiger partial charge on any atom is 0.255 e. The average molecular weight is 282 g/mol. The van der Waals surface area contributed by atoms with E-state index in [9.17, 15) is 4.79 Å². The van der Waals surface area contributed by atoms with Crippen molar-refractivity contribution in [3.05, 3.63) is 22.8 Å². The number of carbonyl (C=O) groups is 1. The van der Waals surface area contributed by atoms with Gasteiger partial charge in [-0.05, 0) is 31.7 Å². The number of anilines is 1. The van der Waals surface area contributed by atoms with Crippen LogP contribution in [0.3, 0.4) is 0 Å². The third kappa shape index (κ3) is 3.00. The lowest BCUT2D eigenvalue weighted by atomic mass is 9.93. The van der Waals surface area contributed by atoms with Gasteiger partial charge in [-0.1, -0.05) is 18.5 Å². The molecule has 0 spiro atoms. The summed E-state index contributed by atoms with van der Waals surface area (Å²) in [4.78, 5) is 18.6. The summed E-state index contributed by atoms with van der Waals surface area (Å²) >= 11 is 6.08. The molecule has 1 aromatic heterocycles. The second-order valence-electron chi connectivity index (χ2n) is 5.28. The summed E-state index contributed by atoms with van der Waals surface area (Å²) in [5.41, 5.74) is 0.561. The fourth-order valence-electron chi connectivity index (χ4n) is 2.61. The highest BCUT2D eigenvalue weighted by atomic mass is 35.5. The minimum atomic E-state index is 0.0245. The Kier molecular flexibility index (Phi) is 4.30. The Labute approximate surface area is 119 Å². The summed E-state index contributed by atoms with van der Waals surface area (Å²) in [6, 6.07) is 1.96. The molecule has 0 bridgehead atoms. The van der Waals surface area contributed by atoms with Crippen molar-refractivity contribution in [1.29, 1.82) is 0 Å². The zero-order valence-electron chi connectivity index (χ0n) is 11.6. The van der Waals surface area contributed by atoms with E-state index in [1.807, 2.05) is 4.90 Å². The maximum atomic E-state index is 12.5. The van der Waals surface area contributed by atoms with E-state index in [0.29, 0.717) is 22.3 Å². The summed E-state index contributed by atoms with van der Waals surface area (Å²) in [5.74, 6) is 1.31. The molecule has 2 heterocycles. The minimum Gasteiger partial charge on any atom is -0.372 e. The number of pyridine rings is 1. The average Bonchev–Trinajstić information content (AvgIpc) is 2.38. The Balaban J connectivity index is 2.17. The first-order chi connectivity index (χ1) is 9.02. The number of hydrogen-bond acceptors (Lipinski definition) is 3. The molecule has 0 radical (unpaired) electrons. The summed E-state index contributed by atoms with van der Waals surface area (Å²) in [7, 11) is 1.75. The SMILES string of the molecule is CNc1ncc(C(=O)N2CCC(C)CC2C)cc1Cl. The van der Waals surface area contributed by atoms with Crippen molar-refractivity contribution in [2.45, 2.75) is 32.7 Å². The number of carbonyl (C=O) groups excluding carboxylic acids is 1. The predicted octanol–water partition coefficient (Wildman–Crippen LogP) is 3.04. The lowest BCUT2D eigenvalue weighted by molar-refractivity contribution is 0.0588. The summed E-state index contributed by atoms with van der Waals surface area (Å²) in [6.45, 7) is 5.15. The molecule has 104 valence electrons. The van der Waals surface area contributed by atoms with Gasteiger partial charge in [0.2, 0.25) is 0 Å². The second-order valence-corrected chi connectivity index (χ2v) is 5.69. The molecule has 1 aliphatic rings. The number of piperidine rings is 1. The van der Waals surface area contributed by atoms with Crippen LogP contribution in [0.15, 0.2) is 12.3 Å². The van der Waals surface area contributed by atoms with Crippen LogP contribution in [-0.2, 0) is 0 Å². The van der Waals surface area contributed by atoms with Gasteiger partial charge in [0, 0.05) is 25.8 Å². The molecule has 1 N–H and O–H groups in total. The van der Waals surface area contributed by atoms with E-state index < -0.39 is 0 Å². The van der Waals surface area contributed by atoms with E-state index in [4.69, 9.17) is 11.6 Å². The lowest BCUT2D eigenvalue weighted by Gasteiger charge is -2.36. The molecule has 1 saturated heterocycles. The first-order valence-electron chi connectivity index (χ1n) is 6.67. The second kappa shape index (κ2) is 5.78. The number of nitrogens with zero attached hydrogens (tertiary/aromatic N) is 2. The van der Waals surface area contributed by atoms with Gasteiger partial charge in [-0.2, -0.15) is 0 Å². The molecule has 2 rings (SSSR count). The van der Waals surface area contributed by atoms with E-state index >= 15 is 0 Å². The Morgan fingerprint density at radius 3 is 2.84 bits per heavy atom. The minimum absolute atomic E-state index is 0.0245. The molecule has 1 amide bonds. The van der Waals surface area contributed by atoms with Gasteiger partial charge in [0.15, 0.2) is 0 Å². The molecule has 0 aliphatic carbocycles. The van der Waals surface area contributed by atoms with Crippen LogP contribution in [0, 0.1) is 5.92 Å². The molecule has 2 atom stereocenters. The van der Waals surface area contributed by atoms with Gasteiger partial charge < -0.3 is 10.2 Å². The van der Waals surface area contributed by atoms with Crippen LogP contribution in [0.25, 0.3) is 0 Å². The molecular weight excluding hydrogens is 262 g/mol. The van der Waals surface area contributed by atoms with Crippen LogP contribution in [0.2, 0.25) is 5.02 Å². The van der Waals surface area contributed by atoms with Gasteiger partial charge in [-0.3, -0.25) is 4.79 Å². The summed E-state index contributed by atoms with van der Waals surface area (Å²) < 4.78 is 0. The Morgan fingerprint density at radius 2 is 2.26 bits per heavy atom. The molecule has 19 heavy (non-hydrogen) atoms. The zero-order valence-corrected chi connectivity index (χ0v) is 12.4. The zero-order chi connectivity index (χ0) is 14.0. The highest BCUT2D eigenvalue weighted by molar-refractivity contribution is 6.33. The fourth-order valence-corrected chi connectivity index (χ4v) is 2.87. The number of hydrogen-bond donors (Lipinski definition) is 1. The van der Waals surface area contributed by atoms with Crippen LogP contribution >= 0.6 is 11.6 Å². The largest absolute Gasteiger partial charge is 0.372 e. The highest BCUT2D eigenvalue weighted by Crippen LogP contribution is 2.25. The van der Waals surface area contributed by atoms with Crippen molar-refractivity contribution in [3.63, 3.8) is 0 Å². The van der Waals surface area contributed by atoms with Crippen molar-refractivity contribution in [2.24, 2.45) is 5.92 Å². The van der Waals surface area contributed by atoms with Gasteiger partial charge in [-0.15, -0.1) is 0 Å². The van der Waals surface area contributed by atoms with E-state index in [-0.39, 0.29) is 11.9 Å². The van der Waals surface area contributed by atoms with E-state index in [1.165, 1.54) is 0 Å². The number of amides is 1. The van der Waals surface area contributed by atoms with Gasteiger partial charge >= 0.3 is 0 Å². The number of likely N-dealkylation sites (tertiary alicyclic amines) is 1. The fraction of sp³-hybridized carbons (Fsp3) is 0.571.